The van der Waals surface area contributed by atoms with Crippen LogP contribution in [0.25, 0.3) is 0 Å². The summed E-state index contributed by atoms with van der Waals surface area (Å²) in [6.45, 7) is 8.71. The lowest BCUT2D eigenvalue weighted by Crippen LogP contribution is -2.50. The number of carbonyl (C=O) groups is 2. The predicted octanol–water partition coefficient (Wildman–Crippen LogP) is 5.37. The van der Waals surface area contributed by atoms with E-state index in [0.29, 0.717) is 40.7 Å². The average Bonchev–Trinajstić information content (AvgIpc) is 2.72. The average molecular weight is 510 g/mol. The Morgan fingerprint density at radius 3 is 2.52 bits per heavy atom. The van der Waals surface area contributed by atoms with Gasteiger partial charge in [-0.3, -0.25) is 9.59 Å². The second-order valence-electron chi connectivity index (χ2n) is 7.87. The molecular weight excluding hydrogens is 480 g/mol. The number of aryl methyl sites for hydroxylation is 1. The quantitative estimate of drug-likeness (QED) is 0.468. The van der Waals surface area contributed by atoms with Crippen LogP contribution in [0.15, 0.2) is 46.9 Å². The van der Waals surface area contributed by atoms with Crippen LogP contribution in [0.5, 0.6) is 5.75 Å². The number of hydrogen-bond donors (Lipinski definition) is 1. The van der Waals surface area contributed by atoms with E-state index >= 15 is 0 Å². The molecule has 0 radical (unpaired) electrons. The molecule has 5 nitrogen and oxygen atoms in total. The lowest BCUT2D eigenvalue weighted by atomic mass is 10.1. The van der Waals surface area contributed by atoms with E-state index in [2.05, 4.69) is 21.2 Å². The Bertz CT molecular complexity index is 904. The summed E-state index contributed by atoms with van der Waals surface area (Å²) in [4.78, 5) is 27.7. The Kier molecular flexibility index (Phi) is 9.85. The summed E-state index contributed by atoms with van der Waals surface area (Å²) in [6.07, 6.45) is 0.506. The number of rotatable bonds is 10. The Labute approximate surface area is 198 Å². The van der Waals surface area contributed by atoms with Crippen molar-refractivity contribution in [2.45, 2.75) is 46.7 Å². The summed E-state index contributed by atoms with van der Waals surface area (Å²) in [5, 5.41) is 3.53. The van der Waals surface area contributed by atoms with Gasteiger partial charge in [0.1, 0.15) is 11.8 Å². The molecule has 31 heavy (non-hydrogen) atoms. The molecule has 1 atom stereocenters. The first-order chi connectivity index (χ1) is 14.7. The number of hydrogen-bond acceptors (Lipinski definition) is 3. The number of carbonyl (C=O) groups excluding carboxylic acids is 2. The Morgan fingerprint density at radius 2 is 1.90 bits per heavy atom. The van der Waals surface area contributed by atoms with Crippen LogP contribution in [0.1, 0.15) is 38.3 Å². The van der Waals surface area contributed by atoms with Gasteiger partial charge in [-0.15, -0.1) is 0 Å². The third-order valence-corrected chi connectivity index (χ3v) is 5.77. The smallest absolute Gasteiger partial charge is 0.261 e. The summed E-state index contributed by atoms with van der Waals surface area (Å²) in [6, 6.07) is 12.4. The van der Waals surface area contributed by atoms with E-state index in [4.69, 9.17) is 16.3 Å². The molecule has 2 aromatic carbocycles. The fourth-order valence-corrected chi connectivity index (χ4v) is 3.92. The van der Waals surface area contributed by atoms with Gasteiger partial charge in [-0.05, 0) is 64.5 Å². The van der Waals surface area contributed by atoms with Gasteiger partial charge in [0.05, 0.1) is 4.47 Å². The molecule has 0 aromatic heterocycles. The molecule has 0 aliphatic heterocycles. The van der Waals surface area contributed by atoms with Crippen molar-refractivity contribution in [3.63, 3.8) is 0 Å². The molecule has 0 saturated heterocycles. The van der Waals surface area contributed by atoms with Crippen molar-refractivity contribution in [1.82, 2.24) is 10.2 Å². The maximum Gasteiger partial charge on any atom is 0.261 e. The van der Waals surface area contributed by atoms with Crippen molar-refractivity contribution in [2.75, 3.05) is 13.2 Å². The normalized spacial score (nSPS) is 11.8. The minimum atomic E-state index is -0.580. The second kappa shape index (κ2) is 12.1. The topological polar surface area (TPSA) is 58.6 Å². The summed E-state index contributed by atoms with van der Waals surface area (Å²) in [7, 11) is 0. The monoisotopic (exact) mass is 508 g/mol. The molecule has 0 saturated carbocycles. The number of nitrogens with one attached hydrogen (secondary N) is 1. The van der Waals surface area contributed by atoms with Crippen molar-refractivity contribution in [2.24, 2.45) is 5.92 Å². The van der Waals surface area contributed by atoms with E-state index in [1.807, 2.05) is 52.0 Å². The predicted molar refractivity (Wildman–Crippen MR) is 128 cm³/mol. The molecular formula is C24H30BrClN2O3. The Morgan fingerprint density at radius 1 is 1.19 bits per heavy atom. The molecule has 2 amide bonds. The highest BCUT2D eigenvalue weighted by atomic mass is 79.9. The second-order valence-corrected chi connectivity index (χ2v) is 9.17. The maximum atomic E-state index is 13.2. The van der Waals surface area contributed by atoms with Crippen molar-refractivity contribution in [1.29, 1.82) is 0 Å². The van der Waals surface area contributed by atoms with E-state index in [1.54, 1.807) is 23.1 Å². The minimum absolute atomic E-state index is 0.147. The van der Waals surface area contributed by atoms with Crippen molar-refractivity contribution < 1.29 is 14.3 Å². The van der Waals surface area contributed by atoms with Crippen LogP contribution in [0.3, 0.4) is 0 Å². The van der Waals surface area contributed by atoms with E-state index in [9.17, 15) is 9.59 Å². The van der Waals surface area contributed by atoms with Gasteiger partial charge >= 0.3 is 0 Å². The maximum absolute atomic E-state index is 13.2. The minimum Gasteiger partial charge on any atom is -0.483 e. The van der Waals surface area contributed by atoms with E-state index < -0.39 is 6.04 Å². The molecule has 2 rings (SSSR count). The molecule has 0 aliphatic carbocycles. The molecule has 168 valence electrons. The van der Waals surface area contributed by atoms with Crippen LogP contribution in [-0.2, 0) is 16.1 Å². The number of benzene rings is 2. The summed E-state index contributed by atoms with van der Waals surface area (Å²) in [5.41, 5.74) is 2.07. The molecule has 0 fully saturated rings. The number of halogens is 2. The zero-order chi connectivity index (χ0) is 23.0. The summed E-state index contributed by atoms with van der Waals surface area (Å²) in [5.74, 6) is 0.445. The van der Waals surface area contributed by atoms with Crippen molar-refractivity contribution >= 4 is 39.3 Å². The third kappa shape index (κ3) is 7.54. The van der Waals surface area contributed by atoms with Gasteiger partial charge in [0, 0.05) is 18.1 Å². The van der Waals surface area contributed by atoms with Crippen LogP contribution >= 0.6 is 27.5 Å². The first kappa shape index (κ1) is 25.2. The standard InChI is InChI=1S/C24H30BrClN2O3/c1-5-21(24(30)27-13-16(2)3)28(14-18-9-7-6-8-17(18)4)23(29)15-31-22-11-10-19(26)12-20(22)25/h6-12,16,21H,5,13-15H2,1-4H3,(H,27,30). The molecule has 7 heteroatoms. The molecule has 2 aromatic rings. The van der Waals surface area contributed by atoms with Gasteiger partial charge in [0.25, 0.3) is 5.91 Å². The fraction of sp³-hybridized carbons (Fsp3) is 0.417. The lowest BCUT2D eigenvalue weighted by Gasteiger charge is -2.31. The van der Waals surface area contributed by atoms with Crippen molar-refractivity contribution in [3.8, 4) is 5.75 Å². The highest BCUT2D eigenvalue weighted by Crippen LogP contribution is 2.28. The van der Waals surface area contributed by atoms with E-state index in [0.717, 1.165) is 11.1 Å². The zero-order valence-corrected chi connectivity index (χ0v) is 20.8. The van der Waals surface area contributed by atoms with Crippen LogP contribution < -0.4 is 10.1 Å². The Balaban J connectivity index is 2.23. The van der Waals surface area contributed by atoms with Gasteiger partial charge in [0.2, 0.25) is 5.91 Å². The number of ether oxygens (including phenoxy) is 1. The van der Waals surface area contributed by atoms with E-state index in [1.165, 1.54) is 0 Å². The van der Waals surface area contributed by atoms with Gasteiger partial charge in [-0.25, -0.2) is 0 Å². The lowest BCUT2D eigenvalue weighted by molar-refractivity contribution is -0.143. The van der Waals surface area contributed by atoms with Gasteiger partial charge < -0.3 is 15.0 Å². The SMILES string of the molecule is CCC(C(=O)NCC(C)C)N(Cc1ccccc1C)C(=O)COc1ccc(Cl)cc1Br. The van der Waals surface area contributed by atoms with Crippen LogP contribution in [0.2, 0.25) is 5.02 Å². The summed E-state index contributed by atoms with van der Waals surface area (Å²) >= 11 is 9.38. The summed E-state index contributed by atoms with van der Waals surface area (Å²) < 4.78 is 6.41. The Hall–Kier alpha value is -2.05. The zero-order valence-electron chi connectivity index (χ0n) is 18.5. The van der Waals surface area contributed by atoms with Crippen LogP contribution in [-0.4, -0.2) is 35.9 Å². The third-order valence-electron chi connectivity index (χ3n) is 4.92. The molecule has 1 N–H and O–H groups in total. The first-order valence-corrected chi connectivity index (χ1v) is 11.6. The molecule has 0 bridgehead atoms. The van der Waals surface area contributed by atoms with Crippen LogP contribution in [0, 0.1) is 12.8 Å². The molecule has 0 heterocycles. The number of amides is 2. The highest BCUT2D eigenvalue weighted by molar-refractivity contribution is 9.10. The fourth-order valence-electron chi connectivity index (χ4n) is 3.13. The molecule has 0 spiro atoms. The van der Waals surface area contributed by atoms with Gasteiger partial charge in [0.15, 0.2) is 6.61 Å². The highest BCUT2D eigenvalue weighted by Gasteiger charge is 2.29. The van der Waals surface area contributed by atoms with Gasteiger partial charge in [-0.1, -0.05) is 56.6 Å². The largest absolute Gasteiger partial charge is 0.483 e. The molecule has 0 aliphatic rings. The first-order valence-electron chi connectivity index (χ1n) is 10.4. The molecule has 1 unspecified atom stereocenters. The van der Waals surface area contributed by atoms with Gasteiger partial charge in [-0.2, -0.15) is 0 Å². The van der Waals surface area contributed by atoms with Crippen LogP contribution in [0.4, 0.5) is 0 Å². The van der Waals surface area contributed by atoms with E-state index in [-0.39, 0.29) is 18.4 Å². The number of nitrogens with zero attached hydrogens (tertiary/aromatic N) is 1. The van der Waals surface area contributed by atoms with Crippen molar-refractivity contribution in [3.05, 3.63) is 63.1 Å².